The third kappa shape index (κ3) is 8.34. The maximum Gasteiger partial charge on any atom is 0.343 e. The third-order valence-corrected chi connectivity index (χ3v) is 7.10. The van der Waals surface area contributed by atoms with Gasteiger partial charge in [-0.3, -0.25) is 9.59 Å². The summed E-state index contributed by atoms with van der Waals surface area (Å²) in [5, 5.41) is 6.82. The van der Waals surface area contributed by atoms with Gasteiger partial charge in [-0.2, -0.15) is 5.10 Å². The average Bonchev–Trinajstić information content (AvgIpc) is 3.14. The van der Waals surface area contributed by atoms with Crippen LogP contribution in [0.2, 0.25) is 0 Å². The SMILES string of the molecule is CCOc1cc(/C=N\NC(=O)c2ccccc2NC(=O)c2cc(OC)c(OC)c(OC)c2)ccc1OC(=O)c1cc(OC)c(OC)c(OC)c1. The summed E-state index contributed by atoms with van der Waals surface area (Å²) in [6, 6.07) is 17.2. The molecule has 4 aromatic rings. The predicted octanol–water partition coefficient (Wildman–Crippen LogP) is 5.37. The highest BCUT2D eigenvalue weighted by atomic mass is 16.6. The van der Waals surface area contributed by atoms with Crippen molar-refractivity contribution >= 4 is 29.7 Å². The van der Waals surface area contributed by atoms with Gasteiger partial charge >= 0.3 is 5.97 Å². The van der Waals surface area contributed by atoms with Gasteiger partial charge in [0.2, 0.25) is 11.5 Å². The first-order valence-electron chi connectivity index (χ1n) is 15.0. The molecule has 0 saturated heterocycles. The molecule has 0 unspecified atom stereocenters. The van der Waals surface area contributed by atoms with Crippen LogP contribution >= 0.6 is 0 Å². The number of nitrogens with zero attached hydrogens (tertiary/aromatic N) is 1. The fraction of sp³-hybridized carbons (Fsp3) is 0.222. The van der Waals surface area contributed by atoms with Crippen molar-refractivity contribution in [1.29, 1.82) is 0 Å². The molecule has 262 valence electrons. The molecule has 0 atom stereocenters. The van der Waals surface area contributed by atoms with Crippen LogP contribution in [-0.4, -0.2) is 73.3 Å². The number of hydrazone groups is 1. The van der Waals surface area contributed by atoms with Crippen LogP contribution in [-0.2, 0) is 0 Å². The van der Waals surface area contributed by atoms with Crippen molar-refractivity contribution in [3.8, 4) is 46.0 Å². The summed E-state index contributed by atoms with van der Waals surface area (Å²) in [5.41, 5.74) is 3.79. The summed E-state index contributed by atoms with van der Waals surface area (Å²) in [6.07, 6.45) is 1.39. The van der Waals surface area contributed by atoms with Crippen molar-refractivity contribution in [3.05, 3.63) is 89.0 Å². The number of para-hydroxylation sites is 1. The Labute approximate surface area is 288 Å². The molecule has 0 aliphatic carbocycles. The first-order valence-corrected chi connectivity index (χ1v) is 15.0. The van der Waals surface area contributed by atoms with E-state index in [4.69, 9.17) is 37.9 Å². The first-order chi connectivity index (χ1) is 24.2. The lowest BCUT2D eigenvalue weighted by atomic mass is 10.1. The smallest absolute Gasteiger partial charge is 0.343 e. The van der Waals surface area contributed by atoms with Gasteiger partial charge in [-0.15, -0.1) is 0 Å². The van der Waals surface area contributed by atoms with Crippen molar-refractivity contribution < 1.29 is 52.3 Å². The predicted molar refractivity (Wildman–Crippen MR) is 184 cm³/mol. The number of rotatable bonds is 15. The summed E-state index contributed by atoms with van der Waals surface area (Å²) in [4.78, 5) is 39.4. The summed E-state index contributed by atoms with van der Waals surface area (Å²) in [5.74, 6) is 0.503. The van der Waals surface area contributed by atoms with Crippen LogP contribution in [0, 0.1) is 0 Å². The number of carbonyl (C=O) groups is 3. The molecule has 14 nitrogen and oxygen atoms in total. The zero-order valence-electron chi connectivity index (χ0n) is 28.6. The molecule has 2 amide bonds. The number of carbonyl (C=O) groups excluding carboxylic acids is 3. The van der Waals surface area contributed by atoms with Crippen LogP contribution < -0.4 is 48.6 Å². The second-order valence-corrected chi connectivity index (χ2v) is 10.1. The van der Waals surface area contributed by atoms with Gasteiger partial charge in [-0.1, -0.05) is 12.1 Å². The summed E-state index contributed by atoms with van der Waals surface area (Å²) < 4.78 is 43.3. The Balaban J connectivity index is 1.48. The highest BCUT2D eigenvalue weighted by Gasteiger charge is 2.21. The number of amides is 2. The van der Waals surface area contributed by atoms with Crippen LogP contribution in [0.4, 0.5) is 5.69 Å². The molecule has 0 heterocycles. The molecular formula is C36H37N3O11. The molecule has 0 aromatic heterocycles. The quantitative estimate of drug-likeness (QED) is 0.0715. The topological polar surface area (TPSA) is 161 Å². The van der Waals surface area contributed by atoms with Crippen LogP contribution in [0.1, 0.15) is 43.6 Å². The molecule has 4 rings (SSSR count). The summed E-state index contributed by atoms with van der Waals surface area (Å²) >= 11 is 0. The molecule has 0 bridgehead atoms. The second kappa shape index (κ2) is 17.1. The molecule has 0 fully saturated rings. The van der Waals surface area contributed by atoms with Crippen molar-refractivity contribution in [3.63, 3.8) is 0 Å². The number of hydrogen-bond acceptors (Lipinski definition) is 12. The maximum atomic E-state index is 13.2. The Morgan fingerprint density at radius 3 is 1.74 bits per heavy atom. The van der Waals surface area contributed by atoms with E-state index >= 15 is 0 Å². The van der Waals surface area contributed by atoms with Gasteiger partial charge in [0.15, 0.2) is 34.5 Å². The molecule has 4 aromatic carbocycles. The highest BCUT2D eigenvalue weighted by molar-refractivity contribution is 6.09. The van der Waals surface area contributed by atoms with Crippen molar-refractivity contribution in [2.75, 3.05) is 54.6 Å². The van der Waals surface area contributed by atoms with Crippen molar-refractivity contribution in [2.24, 2.45) is 5.10 Å². The van der Waals surface area contributed by atoms with Gasteiger partial charge in [0.25, 0.3) is 11.8 Å². The Hall–Kier alpha value is -6.44. The number of benzene rings is 4. The number of nitrogens with one attached hydrogen (secondary N) is 2. The minimum atomic E-state index is -0.685. The molecule has 0 aliphatic rings. The number of esters is 1. The summed E-state index contributed by atoms with van der Waals surface area (Å²) in [6.45, 7) is 2.06. The highest BCUT2D eigenvalue weighted by Crippen LogP contribution is 2.40. The second-order valence-electron chi connectivity index (χ2n) is 10.1. The van der Waals surface area contributed by atoms with Gasteiger partial charge in [0.1, 0.15) is 0 Å². The lowest BCUT2D eigenvalue weighted by Crippen LogP contribution is -2.21. The molecule has 2 N–H and O–H groups in total. The normalized spacial score (nSPS) is 10.5. The van der Waals surface area contributed by atoms with E-state index < -0.39 is 17.8 Å². The van der Waals surface area contributed by atoms with Gasteiger partial charge in [0, 0.05) is 5.56 Å². The van der Waals surface area contributed by atoms with Crippen molar-refractivity contribution in [2.45, 2.75) is 6.92 Å². The van der Waals surface area contributed by atoms with E-state index in [1.165, 1.54) is 79.2 Å². The maximum absolute atomic E-state index is 13.2. The van der Waals surface area contributed by atoms with Crippen LogP contribution in [0.25, 0.3) is 0 Å². The number of ether oxygens (including phenoxy) is 8. The standard InChI is InChI=1S/C36H37N3O11/c1-8-49-27-15-21(13-14-26(27)50-36(42)23-18-30(45-4)33(48-7)31(19-23)46-5)20-37-39-35(41)24-11-9-10-12-25(24)38-34(40)22-16-28(43-2)32(47-6)29(17-22)44-3/h9-20H,8H2,1-7H3,(H,38,40)(H,39,41)/b37-20-. The number of anilines is 1. The van der Waals surface area contributed by atoms with E-state index in [2.05, 4.69) is 15.8 Å². The van der Waals surface area contributed by atoms with Crippen LogP contribution in [0.15, 0.2) is 71.8 Å². The Morgan fingerprint density at radius 1 is 0.640 bits per heavy atom. The van der Waals surface area contributed by atoms with Crippen LogP contribution in [0.3, 0.4) is 0 Å². The zero-order chi connectivity index (χ0) is 36.2. The molecule has 14 heteroatoms. The zero-order valence-corrected chi connectivity index (χ0v) is 28.6. The number of hydrogen-bond donors (Lipinski definition) is 2. The molecule has 50 heavy (non-hydrogen) atoms. The molecule has 0 aliphatic heterocycles. The lowest BCUT2D eigenvalue weighted by molar-refractivity contribution is 0.0727. The third-order valence-electron chi connectivity index (χ3n) is 7.10. The van der Waals surface area contributed by atoms with Gasteiger partial charge < -0.3 is 43.2 Å². The van der Waals surface area contributed by atoms with E-state index in [1.807, 2.05) is 0 Å². The van der Waals surface area contributed by atoms with Crippen molar-refractivity contribution in [1.82, 2.24) is 5.43 Å². The fourth-order valence-corrected chi connectivity index (χ4v) is 4.74. The Kier molecular flexibility index (Phi) is 12.5. The van der Waals surface area contributed by atoms with Gasteiger partial charge in [-0.05, 0) is 67.1 Å². The first kappa shape index (κ1) is 36.4. The van der Waals surface area contributed by atoms with E-state index in [0.29, 0.717) is 40.1 Å². The molecule has 0 radical (unpaired) electrons. The Bertz CT molecular complexity index is 1840. The molecule has 0 spiro atoms. The van der Waals surface area contributed by atoms with Gasteiger partial charge in [-0.25, -0.2) is 10.2 Å². The lowest BCUT2D eigenvalue weighted by Gasteiger charge is -2.15. The number of methoxy groups -OCH3 is 6. The van der Waals surface area contributed by atoms with E-state index in [9.17, 15) is 14.4 Å². The monoisotopic (exact) mass is 687 g/mol. The minimum Gasteiger partial charge on any atom is -0.493 e. The van der Waals surface area contributed by atoms with E-state index in [0.717, 1.165) is 0 Å². The minimum absolute atomic E-state index is 0.156. The van der Waals surface area contributed by atoms with E-state index in [1.54, 1.807) is 43.3 Å². The van der Waals surface area contributed by atoms with Gasteiger partial charge in [0.05, 0.1) is 72.3 Å². The summed E-state index contributed by atoms with van der Waals surface area (Å²) in [7, 11) is 8.70. The van der Waals surface area contributed by atoms with E-state index in [-0.39, 0.29) is 40.5 Å². The Morgan fingerprint density at radius 2 is 1.20 bits per heavy atom. The van der Waals surface area contributed by atoms with Crippen LogP contribution in [0.5, 0.6) is 46.0 Å². The molecular weight excluding hydrogens is 650 g/mol. The average molecular weight is 688 g/mol. The molecule has 0 saturated carbocycles. The fourth-order valence-electron chi connectivity index (χ4n) is 4.74. The largest absolute Gasteiger partial charge is 0.493 e.